The van der Waals surface area contributed by atoms with Gasteiger partial charge in [-0.3, -0.25) is 14.6 Å². The molecular formula is C24H28ClN3O5S. The molecule has 0 radical (unpaired) electrons. The molecule has 1 saturated heterocycles. The van der Waals surface area contributed by atoms with E-state index in [4.69, 9.17) is 35.5 Å². The Morgan fingerprint density at radius 1 is 1.12 bits per heavy atom. The highest BCUT2D eigenvalue weighted by atomic mass is 35.5. The van der Waals surface area contributed by atoms with Crippen molar-refractivity contribution in [3.63, 3.8) is 0 Å². The van der Waals surface area contributed by atoms with Crippen LogP contribution in [0, 0.1) is 0 Å². The lowest BCUT2D eigenvalue weighted by molar-refractivity contribution is -0.120. The number of anilines is 1. The summed E-state index contributed by atoms with van der Waals surface area (Å²) in [5.74, 6) is 1.52. The van der Waals surface area contributed by atoms with E-state index in [0.29, 0.717) is 39.5 Å². The fraction of sp³-hybridized carbons (Fsp3) is 0.417. The van der Waals surface area contributed by atoms with E-state index in [9.17, 15) is 4.79 Å². The van der Waals surface area contributed by atoms with Gasteiger partial charge in [0.25, 0.3) is 5.91 Å². The topological polar surface area (TPSA) is 73.4 Å². The molecule has 34 heavy (non-hydrogen) atoms. The molecule has 1 aliphatic rings. The summed E-state index contributed by atoms with van der Waals surface area (Å²) < 4.78 is 22.8. The molecule has 0 aliphatic carbocycles. The van der Waals surface area contributed by atoms with E-state index in [1.807, 2.05) is 12.1 Å². The van der Waals surface area contributed by atoms with E-state index in [2.05, 4.69) is 4.90 Å². The van der Waals surface area contributed by atoms with Crippen molar-refractivity contribution in [1.29, 1.82) is 0 Å². The second-order valence-corrected chi connectivity index (χ2v) is 9.10. The molecule has 0 atom stereocenters. The summed E-state index contributed by atoms with van der Waals surface area (Å²) in [5.41, 5.74) is 0.645. The molecule has 0 unspecified atom stereocenters. The van der Waals surface area contributed by atoms with Crippen molar-refractivity contribution in [2.24, 2.45) is 0 Å². The summed E-state index contributed by atoms with van der Waals surface area (Å²) in [4.78, 5) is 22.1. The summed E-state index contributed by atoms with van der Waals surface area (Å²) in [7, 11) is 3.16. The minimum absolute atomic E-state index is 0.140. The number of aromatic nitrogens is 1. The molecule has 0 bridgehead atoms. The number of carbonyl (C=O) groups excluding carboxylic acids is 1. The summed E-state index contributed by atoms with van der Waals surface area (Å²) >= 11 is 7.79. The number of rotatable bonds is 10. The molecule has 8 nitrogen and oxygen atoms in total. The maximum atomic E-state index is 13.3. The van der Waals surface area contributed by atoms with Crippen molar-refractivity contribution in [1.82, 2.24) is 9.88 Å². The molecule has 0 spiro atoms. The van der Waals surface area contributed by atoms with Gasteiger partial charge < -0.3 is 18.9 Å². The van der Waals surface area contributed by atoms with Crippen LogP contribution in [0.4, 0.5) is 5.13 Å². The SMILES string of the molecule is COc1ccccc1OCC(=O)N(CCCN1CCOCC1)c1nc2c(OC)ccc(Cl)c2s1. The largest absolute Gasteiger partial charge is 0.494 e. The Labute approximate surface area is 207 Å². The van der Waals surface area contributed by atoms with Crippen molar-refractivity contribution >= 4 is 44.2 Å². The van der Waals surface area contributed by atoms with Crippen molar-refractivity contribution in [3.8, 4) is 17.2 Å². The molecule has 2 aromatic carbocycles. The number of para-hydroxylation sites is 2. The maximum absolute atomic E-state index is 13.3. The predicted octanol–water partition coefficient (Wildman–Crippen LogP) is 4.10. The average molecular weight is 506 g/mol. The highest BCUT2D eigenvalue weighted by Crippen LogP contribution is 2.39. The van der Waals surface area contributed by atoms with Gasteiger partial charge >= 0.3 is 0 Å². The van der Waals surface area contributed by atoms with Gasteiger partial charge in [-0.1, -0.05) is 35.1 Å². The summed E-state index contributed by atoms with van der Waals surface area (Å²) in [5, 5.41) is 1.14. The highest BCUT2D eigenvalue weighted by Gasteiger charge is 2.23. The monoisotopic (exact) mass is 505 g/mol. The third-order valence-electron chi connectivity index (χ3n) is 5.58. The zero-order chi connectivity index (χ0) is 23.9. The Kier molecular flexibility index (Phi) is 8.44. The Bertz CT molecular complexity index is 1120. The van der Waals surface area contributed by atoms with Gasteiger partial charge in [-0.05, 0) is 30.7 Å². The molecule has 0 saturated carbocycles. The second-order valence-electron chi connectivity index (χ2n) is 7.72. The molecular weight excluding hydrogens is 478 g/mol. The number of thiazole rings is 1. The van der Waals surface area contributed by atoms with E-state index < -0.39 is 0 Å². The summed E-state index contributed by atoms with van der Waals surface area (Å²) in [6, 6.07) is 10.8. The van der Waals surface area contributed by atoms with Gasteiger partial charge in [0.15, 0.2) is 23.2 Å². The highest BCUT2D eigenvalue weighted by molar-refractivity contribution is 7.23. The van der Waals surface area contributed by atoms with Crippen LogP contribution in [0.15, 0.2) is 36.4 Å². The zero-order valence-electron chi connectivity index (χ0n) is 19.3. The molecule has 1 fully saturated rings. The van der Waals surface area contributed by atoms with E-state index in [0.717, 1.165) is 44.0 Å². The number of hydrogen-bond donors (Lipinski definition) is 0. The number of benzene rings is 2. The minimum Gasteiger partial charge on any atom is -0.494 e. The van der Waals surface area contributed by atoms with Gasteiger partial charge in [-0.25, -0.2) is 4.98 Å². The van der Waals surface area contributed by atoms with Gasteiger partial charge in [-0.2, -0.15) is 0 Å². The van der Waals surface area contributed by atoms with Crippen LogP contribution < -0.4 is 19.1 Å². The van der Waals surface area contributed by atoms with Gasteiger partial charge in [-0.15, -0.1) is 0 Å². The van der Waals surface area contributed by atoms with Crippen molar-refractivity contribution in [2.45, 2.75) is 6.42 Å². The van der Waals surface area contributed by atoms with Crippen LogP contribution in [0.1, 0.15) is 6.42 Å². The number of methoxy groups -OCH3 is 2. The number of amides is 1. The van der Waals surface area contributed by atoms with Crippen LogP contribution in [0.3, 0.4) is 0 Å². The first-order chi connectivity index (χ1) is 16.6. The molecule has 1 aliphatic heterocycles. The Morgan fingerprint density at radius 3 is 2.59 bits per heavy atom. The van der Waals surface area contributed by atoms with Crippen LogP contribution in [0.2, 0.25) is 5.02 Å². The Morgan fingerprint density at radius 2 is 1.85 bits per heavy atom. The normalized spacial score (nSPS) is 14.2. The predicted molar refractivity (Wildman–Crippen MR) is 134 cm³/mol. The smallest absolute Gasteiger partial charge is 0.266 e. The van der Waals surface area contributed by atoms with Gasteiger partial charge in [0.1, 0.15) is 11.3 Å². The van der Waals surface area contributed by atoms with Crippen LogP contribution in [0.25, 0.3) is 10.2 Å². The number of hydrogen-bond acceptors (Lipinski definition) is 8. The first-order valence-corrected chi connectivity index (χ1v) is 12.3. The number of halogens is 1. The molecule has 2 heterocycles. The number of nitrogens with zero attached hydrogens (tertiary/aromatic N) is 3. The average Bonchev–Trinajstić information content (AvgIpc) is 3.32. The third kappa shape index (κ3) is 5.72. The molecule has 10 heteroatoms. The molecule has 182 valence electrons. The first-order valence-electron chi connectivity index (χ1n) is 11.1. The van der Waals surface area contributed by atoms with Crippen LogP contribution in [-0.4, -0.2) is 76.0 Å². The number of morpholine rings is 1. The molecule has 1 amide bonds. The second kappa shape index (κ2) is 11.7. The lowest BCUT2D eigenvalue weighted by Crippen LogP contribution is -2.40. The van der Waals surface area contributed by atoms with Crippen molar-refractivity contribution in [2.75, 3.05) is 65.1 Å². The lowest BCUT2D eigenvalue weighted by atomic mass is 10.3. The standard InChI is InChI=1S/C24H28ClN3O5S/c1-30-18-6-3-4-7-19(18)33-16-21(29)28(11-5-10-27-12-14-32-15-13-27)24-26-22-20(31-2)9-8-17(25)23(22)34-24/h3-4,6-9H,5,10-16H2,1-2H3. The fourth-order valence-corrected chi connectivity index (χ4v) is 5.08. The van der Waals surface area contributed by atoms with Gasteiger partial charge in [0.2, 0.25) is 0 Å². The van der Waals surface area contributed by atoms with Gasteiger partial charge in [0, 0.05) is 26.2 Å². The summed E-state index contributed by atoms with van der Waals surface area (Å²) in [6.45, 7) is 4.52. The molecule has 4 rings (SSSR count). The van der Waals surface area contributed by atoms with E-state index in [-0.39, 0.29) is 12.5 Å². The van der Waals surface area contributed by atoms with Crippen LogP contribution in [-0.2, 0) is 9.53 Å². The Balaban J connectivity index is 1.54. The van der Waals surface area contributed by atoms with Crippen LogP contribution in [0.5, 0.6) is 17.2 Å². The van der Waals surface area contributed by atoms with Crippen LogP contribution >= 0.6 is 22.9 Å². The third-order valence-corrected chi connectivity index (χ3v) is 7.12. The van der Waals surface area contributed by atoms with E-state index in [1.165, 1.54) is 11.3 Å². The van der Waals surface area contributed by atoms with E-state index in [1.54, 1.807) is 43.4 Å². The maximum Gasteiger partial charge on any atom is 0.266 e. The quantitative estimate of drug-likeness (QED) is 0.410. The van der Waals surface area contributed by atoms with Gasteiger partial charge in [0.05, 0.1) is 37.2 Å². The molecule has 0 N–H and O–H groups in total. The fourth-order valence-electron chi connectivity index (χ4n) is 3.78. The minimum atomic E-state index is -0.193. The zero-order valence-corrected chi connectivity index (χ0v) is 20.9. The Hall–Kier alpha value is -2.59. The first kappa shape index (κ1) is 24.5. The molecule has 3 aromatic rings. The summed E-state index contributed by atoms with van der Waals surface area (Å²) in [6.07, 6.45) is 0.793. The van der Waals surface area contributed by atoms with Crippen molar-refractivity contribution in [3.05, 3.63) is 41.4 Å². The van der Waals surface area contributed by atoms with E-state index >= 15 is 0 Å². The number of fused-ring (bicyclic) bond motifs is 1. The lowest BCUT2D eigenvalue weighted by Gasteiger charge is -2.27. The molecule has 1 aromatic heterocycles. The van der Waals surface area contributed by atoms with Crippen molar-refractivity contribution < 1.29 is 23.7 Å². The number of ether oxygens (including phenoxy) is 4. The number of carbonyl (C=O) groups is 1.